The number of hydrogen-bond donors (Lipinski definition) is 1. The summed E-state index contributed by atoms with van der Waals surface area (Å²) in [6.45, 7) is 1.12. The van der Waals surface area contributed by atoms with Gasteiger partial charge in [-0.1, -0.05) is 0 Å². The second kappa shape index (κ2) is 4.69. The van der Waals surface area contributed by atoms with Gasteiger partial charge in [-0.15, -0.1) is 0 Å². The molecule has 0 aliphatic rings. The highest BCUT2D eigenvalue weighted by molar-refractivity contribution is 5.88. The molecule has 1 rings (SSSR count). The first-order valence-corrected chi connectivity index (χ1v) is 4.56. The fraction of sp³-hybridized carbons (Fsp3) is 0.300. The average Bonchev–Trinajstić information content (AvgIpc) is 2.19. The summed E-state index contributed by atoms with van der Waals surface area (Å²) >= 11 is 0. The van der Waals surface area contributed by atoms with Crippen molar-refractivity contribution in [2.75, 3.05) is 6.54 Å². The van der Waals surface area contributed by atoms with Crippen LogP contribution in [-0.4, -0.2) is 22.5 Å². The van der Waals surface area contributed by atoms with Crippen LogP contribution < -0.4 is 0 Å². The third-order valence-electron chi connectivity index (χ3n) is 2.26. The van der Waals surface area contributed by atoms with Crippen molar-refractivity contribution in [3.63, 3.8) is 0 Å². The van der Waals surface area contributed by atoms with E-state index in [0.717, 1.165) is 6.07 Å². The molecule has 0 aliphatic carbocycles. The van der Waals surface area contributed by atoms with Crippen LogP contribution in [0.5, 0.6) is 0 Å². The lowest BCUT2D eigenvalue weighted by molar-refractivity contribution is -0.479. The third-order valence-corrected chi connectivity index (χ3v) is 2.26. The van der Waals surface area contributed by atoms with Gasteiger partial charge in [0.25, 0.3) is 0 Å². The summed E-state index contributed by atoms with van der Waals surface area (Å²) in [7, 11) is 0. The quantitative estimate of drug-likeness (QED) is 0.626. The smallest absolute Gasteiger partial charge is 0.335 e. The zero-order valence-electron chi connectivity index (χ0n) is 8.57. The molecule has 5 nitrogen and oxygen atoms in total. The maximum atomic E-state index is 13.3. The Kier molecular flexibility index (Phi) is 3.55. The van der Waals surface area contributed by atoms with E-state index in [1.807, 2.05) is 0 Å². The van der Waals surface area contributed by atoms with Gasteiger partial charge in [0.15, 0.2) is 0 Å². The number of aromatic carboxylic acids is 1. The minimum atomic E-state index is -1.25. The Morgan fingerprint density at radius 1 is 1.56 bits per heavy atom. The van der Waals surface area contributed by atoms with Crippen molar-refractivity contribution in [2.24, 2.45) is 0 Å². The van der Waals surface area contributed by atoms with Crippen LogP contribution in [0.25, 0.3) is 0 Å². The van der Waals surface area contributed by atoms with Gasteiger partial charge in [-0.3, -0.25) is 10.1 Å². The molecule has 0 spiro atoms. The summed E-state index contributed by atoms with van der Waals surface area (Å²) in [6, 6.07) is 2.18. The van der Waals surface area contributed by atoms with E-state index in [-0.39, 0.29) is 24.1 Å². The number of halogens is 1. The van der Waals surface area contributed by atoms with Crippen LogP contribution in [0.15, 0.2) is 12.1 Å². The molecule has 0 saturated heterocycles. The molecule has 0 fully saturated rings. The third kappa shape index (κ3) is 2.75. The number of carboxylic acid groups (broad SMARTS) is 1. The number of nitrogens with zero attached hydrogens (tertiary/aromatic N) is 1. The Morgan fingerprint density at radius 2 is 2.19 bits per heavy atom. The lowest BCUT2D eigenvalue weighted by atomic mass is 10.0. The molecule has 1 N–H and O–H groups in total. The minimum Gasteiger partial charge on any atom is -0.478 e. The largest absolute Gasteiger partial charge is 0.478 e. The van der Waals surface area contributed by atoms with Crippen LogP contribution >= 0.6 is 0 Å². The number of carbonyl (C=O) groups is 1. The van der Waals surface area contributed by atoms with E-state index in [1.54, 1.807) is 0 Å². The van der Waals surface area contributed by atoms with Crippen molar-refractivity contribution >= 4 is 5.97 Å². The van der Waals surface area contributed by atoms with Crippen LogP contribution in [0.4, 0.5) is 4.39 Å². The number of benzene rings is 1. The summed E-state index contributed by atoms with van der Waals surface area (Å²) in [5.74, 6) is -1.90. The van der Waals surface area contributed by atoms with Crippen LogP contribution in [-0.2, 0) is 6.42 Å². The zero-order chi connectivity index (χ0) is 12.3. The molecule has 16 heavy (non-hydrogen) atoms. The van der Waals surface area contributed by atoms with Gasteiger partial charge in [-0.25, -0.2) is 9.18 Å². The lowest BCUT2D eigenvalue weighted by Gasteiger charge is -2.06. The molecule has 6 heteroatoms. The average molecular weight is 227 g/mol. The fourth-order valence-electron chi connectivity index (χ4n) is 1.33. The number of nitro groups is 1. The van der Waals surface area contributed by atoms with Gasteiger partial charge in [-0.05, 0) is 30.2 Å². The van der Waals surface area contributed by atoms with Gasteiger partial charge in [0.2, 0.25) is 6.54 Å². The van der Waals surface area contributed by atoms with Crippen LogP contribution in [0.1, 0.15) is 21.5 Å². The Labute approximate surface area is 90.7 Å². The molecule has 0 bridgehead atoms. The van der Waals surface area contributed by atoms with Gasteiger partial charge < -0.3 is 5.11 Å². The van der Waals surface area contributed by atoms with E-state index in [0.29, 0.717) is 5.56 Å². The second-order valence-electron chi connectivity index (χ2n) is 3.35. The van der Waals surface area contributed by atoms with Gasteiger partial charge in [0.05, 0.1) is 5.56 Å². The molecule has 0 atom stereocenters. The van der Waals surface area contributed by atoms with E-state index in [2.05, 4.69) is 0 Å². The molecule has 0 radical (unpaired) electrons. The van der Waals surface area contributed by atoms with Crippen LogP contribution in [0.3, 0.4) is 0 Å². The van der Waals surface area contributed by atoms with Crippen molar-refractivity contribution in [2.45, 2.75) is 13.3 Å². The SMILES string of the molecule is Cc1c(F)cc(C(=O)O)cc1CC[N+](=O)[O-]. The summed E-state index contributed by atoms with van der Waals surface area (Å²) in [5.41, 5.74) is 0.419. The van der Waals surface area contributed by atoms with Gasteiger partial charge in [0, 0.05) is 11.3 Å². The second-order valence-corrected chi connectivity index (χ2v) is 3.35. The predicted octanol–water partition coefficient (Wildman–Crippen LogP) is 1.65. The maximum Gasteiger partial charge on any atom is 0.335 e. The minimum absolute atomic E-state index is 0.0247. The molecular formula is C10H10FNO4. The van der Waals surface area contributed by atoms with Crippen molar-refractivity contribution in [1.82, 2.24) is 0 Å². The summed E-state index contributed by atoms with van der Waals surface area (Å²) in [6.07, 6.45) is 0.0247. The molecule has 1 aromatic rings. The molecular weight excluding hydrogens is 217 g/mol. The van der Waals surface area contributed by atoms with Crippen molar-refractivity contribution in [1.29, 1.82) is 0 Å². The molecule has 0 amide bonds. The number of rotatable bonds is 4. The van der Waals surface area contributed by atoms with Crippen molar-refractivity contribution in [3.8, 4) is 0 Å². The van der Waals surface area contributed by atoms with Crippen LogP contribution in [0, 0.1) is 22.9 Å². The first-order valence-electron chi connectivity index (χ1n) is 4.56. The van der Waals surface area contributed by atoms with Crippen molar-refractivity contribution in [3.05, 3.63) is 44.8 Å². The Hall–Kier alpha value is -1.98. The summed E-state index contributed by atoms with van der Waals surface area (Å²) in [4.78, 5) is 20.3. The Balaban J connectivity index is 3.06. The van der Waals surface area contributed by atoms with E-state index in [1.165, 1.54) is 13.0 Å². The molecule has 86 valence electrons. The van der Waals surface area contributed by atoms with E-state index >= 15 is 0 Å². The summed E-state index contributed by atoms with van der Waals surface area (Å²) < 4.78 is 13.3. The molecule has 0 aromatic heterocycles. The van der Waals surface area contributed by atoms with E-state index in [9.17, 15) is 19.3 Å². The molecule has 0 heterocycles. The Bertz CT molecular complexity index is 445. The highest BCUT2D eigenvalue weighted by atomic mass is 19.1. The highest BCUT2D eigenvalue weighted by Gasteiger charge is 2.12. The zero-order valence-corrected chi connectivity index (χ0v) is 8.57. The van der Waals surface area contributed by atoms with E-state index in [4.69, 9.17) is 5.11 Å². The van der Waals surface area contributed by atoms with E-state index < -0.39 is 16.7 Å². The number of hydrogen-bond acceptors (Lipinski definition) is 3. The predicted molar refractivity (Wildman–Crippen MR) is 53.7 cm³/mol. The van der Waals surface area contributed by atoms with Crippen molar-refractivity contribution < 1.29 is 19.2 Å². The fourth-order valence-corrected chi connectivity index (χ4v) is 1.33. The summed E-state index contributed by atoms with van der Waals surface area (Å²) in [5, 5.41) is 18.9. The topological polar surface area (TPSA) is 80.4 Å². The monoisotopic (exact) mass is 227 g/mol. The standard InChI is InChI=1S/C10H10FNO4/c1-6-7(2-3-12(15)16)4-8(10(13)14)5-9(6)11/h4-5H,2-3H2,1H3,(H,13,14). The first-order chi connectivity index (χ1) is 7.41. The normalized spacial score (nSPS) is 10.1. The lowest BCUT2D eigenvalue weighted by Crippen LogP contribution is -2.08. The first kappa shape index (κ1) is 12.1. The molecule has 0 saturated carbocycles. The maximum absolute atomic E-state index is 13.3. The van der Waals surface area contributed by atoms with Gasteiger partial charge >= 0.3 is 5.97 Å². The molecule has 1 aromatic carbocycles. The molecule has 0 unspecified atom stereocenters. The van der Waals surface area contributed by atoms with Gasteiger partial charge in [-0.2, -0.15) is 0 Å². The van der Waals surface area contributed by atoms with Gasteiger partial charge in [0.1, 0.15) is 5.82 Å². The highest BCUT2D eigenvalue weighted by Crippen LogP contribution is 2.16. The Morgan fingerprint density at radius 3 is 2.69 bits per heavy atom. The van der Waals surface area contributed by atoms with Crippen LogP contribution in [0.2, 0.25) is 0 Å². The number of carboxylic acids is 1. The molecule has 0 aliphatic heterocycles.